The maximum Gasteiger partial charge on any atom is 0.0139 e. The average Bonchev–Trinajstić information content (AvgIpc) is 2.22. The zero-order chi connectivity index (χ0) is 11.4. The van der Waals surface area contributed by atoms with Gasteiger partial charge in [-0.25, -0.2) is 0 Å². The summed E-state index contributed by atoms with van der Waals surface area (Å²) < 4.78 is 0. The lowest BCUT2D eigenvalue weighted by molar-refractivity contribution is 0.299. The van der Waals surface area contributed by atoms with Gasteiger partial charge in [-0.3, -0.25) is 0 Å². The Hall–Kier alpha value is -1.08. The van der Waals surface area contributed by atoms with Crippen molar-refractivity contribution in [1.82, 2.24) is 5.32 Å². The zero-order valence-electron chi connectivity index (χ0n) is 10.2. The van der Waals surface area contributed by atoms with Crippen LogP contribution in [0.25, 0.3) is 0 Å². The summed E-state index contributed by atoms with van der Waals surface area (Å²) >= 11 is 0. The fourth-order valence-electron chi connectivity index (χ4n) is 2.21. The Balaban J connectivity index is 1.72. The normalized spacial score (nSPS) is 23.6. The van der Waals surface area contributed by atoms with Crippen LogP contribution in [0.2, 0.25) is 0 Å². The van der Waals surface area contributed by atoms with Gasteiger partial charge in [0.05, 0.1) is 0 Å². The summed E-state index contributed by atoms with van der Waals surface area (Å²) in [6, 6.07) is 11.6. The predicted molar refractivity (Wildman–Crippen MR) is 69.6 cm³/mol. The number of hydrogen-bond acceptors (Lipinski definition) is 1. The second kappa shape index (κ2) is 5.31. The number of nitrogens with one attached hydrogen (secondary N) is 1. The minimum atomic E-state index is 0.723. The van der Waals surface area contributed by atoms with Gasteiger partial charge < -0.3 is 5.32 Å². The van der Waals surface area contributed by atoms with E-state index < -0.39 is 0 Å². The van der Waals surface area contributed by atoms with Gasteiger partial charge in [0.2, 0.25) is 0 Å². The first-order valence-electron chi connectivity index (χ1n) is 6.17. The Bertz CT molecular complexity index is 343. The summed E-state index contributed by atoms with van der Waals surface area (Å²) in [5.41, 5.74) is 2.90. The second-order valence-corrected chi connectivity index (χ2v) is 4.97. The molecule has 1 N–H and O–H groups in total. The van der Waals surface area contributed by atoms with E-state index in [1.165, 1.54) is 24.0 Å². The third kappa shape index (κ3) is 2.96. The number of hydrogen-bond donors (Lipinski definition) is 1. The van der Waals surface area contributed by atoms with Crippen molar-refractivity contribution >= 4 is 0 Å². The summed E-state index contributed by atoms with van der Waals surface area (Å²) in [7, 11) is 0. The molecule has 0 heterocycles. The van der Waals surface area contributed by atoms with Crippen LogP contribution in [0.4, 0.5) is 0 Å². The van der Waals surface area contributed by atoms with E-state index in [0.717, 1.165) is 18.5 Å². The molecule has 0 aliphatic heterocycles. The molecule has 0 spiro atoms. The topological polar surface area (TPSA) is 12.0 Å². The molecule has 1 heteroatoms. The number of benzene rings is 1. The maximum absolute atomic E-state index is 3.57. The van der Waals surface area contributed by atoms with Gasteiger partial charge >= 0.3 is 0 Å². The highest BCUT2D eigenvalue weighted by Gasteiger charge is 2.29. The van der Waals surface area contributed by atoms with E-state index in [9.17, 15) is 0 Å². The lowest BCUT2D eigenvalue weighted by Gasteiger charge is -2.36. The maximum atomic E-state index is 3.57. The van der Waals surface area contributed by atoms with E-state index in [2.05, 4.69) is 55.6 Å². The van der Waals surface area contributed by atoms with Crippen LogP contribution < -0.4 is 5.32 Å². The first kappa shape index (κ1) is 11.4. The van der Waals surface area contributed by atoms with Crippen LogP contribution in [0.3, 0.4) is 0 Å². The highest BCUT2D eigenvalue weighted by atomic mass is 14.9. The molecule has 1 aromatic carbocycles. The SMILES string of the molecule is CC(C)=CCNC1CC(c2ccccc2)C1. The first-order chi connectivity index (χ1) is 7.75. The van der Waals surface area contributed by atoms with Crippen molar-refractivity contribution in [2.45, 2.75) is 38.6 Å². The van der Waals surface area contributed by atoms with E-state index in [4.69, 9.17) is 0 Å². The van der Waals surface area contributed by atoms with Crippen molar-refractivity contribution in [3.8, 4) is 0 Å². The van der Waals surface area contributed by atoms with Crippen LogP contribution in [0.1, 0.15) is 38.2 Å². The molecule has 1 nitrogen and oxygen atoms in total. The Kier molecular flexibility index (Phi) is 3.79. The van der Waals surface area contributed by atoms with Gasteiger partial charge in [-0.15, -0.1) is 0 Å². The third-order valence-corrected chi connectivity index (χ3v) is 3.33. The molecule has 1 aliphatic rings. The molecule has 1 aliphatic carbocycles. The summed E-state index contributed by atoms with van der Waals surface area (Å²) in [5.74, 6) is 0.783. The monoisotopic (exact) mass is 215 g/mol. The van der Waals surface area contributed by atoms with Crippen molar-refractivity contribution in [3.63, 3.8) is 0 Å². The third-order valence-electron chi connectivity index (χ3n) is 3.33. The summed E-state index contributed by atoms with van der Waals surface area (Å²) in [4.78, 5) is 0. The highest BCUT2D eigenvalue weighted by molar-refractivity contribution is 5.22. The summed E-state index contributed by atoms with van der Waals surface area (Å²) in [5, 5.41) is 3.57. The average molecular weight is 215 g/mol. The van der Waals surface area contributed by atoms with Crippen LogP contribution in [0, 0.1) is 0 Å². The van der Waals surface area contributed by atoms with E-state index in [0.29, 0.717) is 0 Å². The minimum Gasteiger partial charge on any atom is -0.310 e. The van der Waals surface area contributed by atoms with Crippen LogP contribution in [-0.2, 0) is 0 Å². The van der Waals surface area contributed by atoms with E-state index in [1.807, 2.05) is 0 Å². The summed E-state index contributed by atoms with van der Waals surface area (Å²) in [6.07, 6.45) is 4.84. The molecule has 0 saturated heterocycles. The number of allylic oxidation sites excluding steroid dienone is 1. The molecule has 0 radical (unpaired) electrons. The van der Waals surface area contributed by atoms with Crippen molar-refractivity contribution in [2.75, 3.05) is 6.54 Å². The van der Waals surface area contributed by atoms with Gasteiger partial charge in [-0.2, -0.15) is 0 Å². The fourth-order valence-corrected chi connectivity index (χ4v) is 2.21. The Labute approximate surface area is 98.6 Å². The van der Waals surface area contributed by atoms with Gasteiger partial charge in [-0.05, 0) is 38.2 Å². The molecular formula is C15H21N. The molecular weight excluding hydrogens is 194 g/mol. The molecule has 2 rings (SSSR count). The van der Waals surface area contributed by atoms with Crippen LogP contribution in [0.5, 0.6) is 0 Å². The molecule has 0 bridgehead atoms. The van der Waals surface area contributed by atoms with Gasteiger partial charge in [0, 0.05) is 12.6 Å². The predicted octanol–water partition coefficient (Wildman–Crippen LogP) is 3.49. The smallest absolute Gasteiger partial charge is 0.0139 e. The largest absolute Gasteiger partial charge is 0.310 e. The standard InChI is InChI=1S/C15H21N/c1-12(2)8-9-16-15-10-14(11-15)13-6-4-3-5-7-13/h3-8,14-16H,9-11H2,1-2H3. The molecule has 0 amide bonds. The molecule has 0 unspecified atom stereocenters. The number of rotatable bonds is 4. The molecule has 1 fully saturated rings. The van der Waals surface area contributed by atoms with Gasteiger partial charge in [-0.1, -0.05) is 42.0 Å². The van der Waals surface area contributed by atoms with Crippen LogP contribution in [-0.4, -0.2) is 12.6 Å². The first-order valence-corrected chi connectivity index (χ1v) is 6.17. The van der Waals surface area contributed by atoms with Gasteiger partial charge in [0.1, 0.15) is 0 Å². The van der Waals surface area contributed by atoms with Gasteiger partial charge in [0.25, 0.3) is 0 Å². The quantitative estimate of drug-likeness (QED) is 0.758. The van der Waals surface area contributed by atoms with Crippen molar-refractivity contribution < 1.29 is 0 Å². The van der Waals surface area contributed by atoms with Crippen molar-refractivity contribution in [2.24, 2.45) is 0 Å². The van der Waals surface area contributed by atoms with Gasteiger partial charge in [0.15, 0.2) is 0 Å². The molecule has 86 valence electrons. The second-order valence-electron chi connectivity index (χ2n) is 4.97. The molecule has 1 aromatic rings. The Morgan fingerprint density at radius 3 is 2.56 bits per heavy atom. The lowest BCUT2D eigenvalue weighted by Crippen LogP contribution is -2.40. The van der Waals surface area contributed by atoms with Crippen molar-refractivity contribution in [3.05, 3.63) is 47.5 Å². The highest BCUT2D eigenvalue weighted by Crippen LogP contribution is 2.36. The van der Waals surface area contributed by atoms with Crippen LogP contribution >= 0.6 is 0 Å². The molecule has 1 saturated carbocycles. The van der Waals surface area contributed by atoms with E-state index in [-0.39, 0.29) is 0 Å². The molecule has 0 aromatic heterocycles. The molecule has 16 heavy (non-hydrogen) atoms. The van der Waals surface area contributed by atoms with E-state index in [1.54, 1.807) is 0 Å². The minimum absolute atomic E-state index is 0.723. The lowest BCUT2D eigenvalue weighted by atomic mass is 9.76. The van der Waals surface area contributed by atoms with Crippen molar-refractivity contribution in [1.29, 1.82) is 0 Å². The fraction of sp³-hybridized carbons (Fsp3) is 0.467. The molecule has 0 atom stereocenters. The van der Waals surface area contributed by atoms with Crippen LogP contribution in [0.15, 0.2) is 42.0 Å². The Morgan fingerprint density at radius 2 is 1.94 bits per heavy atom. The Morgan fingerprint density at radius 1 is 1.25 bits per heavy atom. The zero-order valence-corrected chi connectivity index (χ0v) is 10.2. The van der Waals surface area contributed by atoms with E-state index >= 15 is 0 Å². The summed E-state index contributed by atoms with van der Waals surface area (Å²) in [6.45, 7) is 5.32.